The highest BCUT2D eigenvalue weighted by Gasteiger charge is 2.29. The van der Waals surface area contributed by atoms with Crippen molar-refractivity contribution in [3.05, 3.63) is 50.6 Å². The Bertz CT molecular complexity index is 829. The van der Waals surface area contributed by atoms with Gasteiger partial charge in [0, 0.05) is 42.5 Å². The van der Waals surface area contributed by atoms with E-state index in [0.717, 1.165) is 48.2 Å². The third kappa shape index (κ3) is 2.44. The minimum atomic E-state index is -0.460. The van der Waals surface area contributed by atoms with E-state index >= 15 is 0 Å². The van der Waals surface area contributed by atoms with Gasteiger partial charge in [-0.2, -0.15) is 5.10 Å². The lowest BCUT2D eigenvalue weighted by Gasteiger charge is -2.28. The second-order valence-electron chi connectivity index (χ2n) is 6.27. The number of rotatable bonds is 2. The molecule has 0 bridgehead atoms. The SMILES string of the molecule is O=C(c1n[nH]c2c1CCCC2)N1CCc2ncc([N+](=O)[O-])cc2C1. The fourth-order valence-electron chi connectivity index (χ4n) is 3.49. The predicted molar refractivity (Wildman–Crippen MR) is 84.6 cm³/mol. The van der Waals surface area contributed by atoms with Crippen LogP contribution in [0.25, 0.3) is 0 Å². The molecule has 0 aromatic carbocycles. The summed E-state index contributed by atoms with van der Waals surface area (Å²) in [6.07, 6.45) is 5.89. The molecular formula is C16H17N5O3. The van der Waals surface area contributed by atoms with E-state index in [-0.39, 0.29) is 11.6 Å². The van der Waals surface area contributed by atoms with Crippen molar-refractivity contribution in [3.63, 3.8) is 0 Å². The van der Waals surface area contributed by atoms with Crippen molar-refractivity contribution in [3.8, 4) is 0 Å². The Morgan fingerprint density at radius 3 is 2.96 bits per heavy atom. The van der Waals surface area contributed by atoms with E-state index in [1.807, 2.05) is 0 Å². The van der Waals surface area contributed by atoms with Gasteiger partial charge in [0.05, 0.1) is 4.92 Å². The summed E-state index contributed by atoms with van der Waals surface area (Å²) in [6, 6.07) is 1.52. The molecule has 24 heavy (non-hydrogen) atoms. The van der Waals surface area contributed by atoms with Crippen LogP contribution >= 0.6 is 0 Å². The normalized spacial score (nSPS) is 16.4. The van der Waals surface area contributed by atoms with E-state index in [4.69, 9.17) is 0 Å². The number of fused-ring (bicyclic) bond motifs is 2. The van der Waals surface area contributed by atoms with Gasteiger partial charge >= 0.3 is 0 Å². The van der Waals surface area contributed by atoms with E-state index in [9.17, 15) is 14.9 Å². The molecule has 0 radical (unpaired) electrons. The maximum Gasteiger partial charge on any atom is 0.287 e. The van der Waals surface area contributed by atoms with E-state index in [2.05, 4.69) is 15.2 Å². The van der Waals surface area contributed by atoms with Crippen molar-refractivity contribution in [2.45, 2.75) is 38.6 Å². The Morgan fingerprint density at radius 2 is 2.12 bits per heavy atom. The van der Waals surface area contributed by atoms with Gasteiger partial charge in [-0.05, 0) is 31.2 Å². The number of amides is 1. The van der Waals surface area contributed by atoms with Gasteiger partial charge < -0.3 is 4.90 Å². The van der Waals surface area contributed by atoms with Crippen LogP contribution in [0.2, 0.25) is 0 Å². The molecule has 1 N–H and O–H groups in total. The molecule has 1 aliphatic carbocycles. The van der Waals surface area contributed by atoms with Gasteiger partial charge in [0.25, 0.3) is 11.6 Å². The molecule has 0 unspecified atom stereocenters. The minimum Gasteiger partial charge on any atom is -0.332 e. The topological polar surface area (TPSA) is 105 Å². The summed E-state index contributed by atoms with van der Waals surface area (Å²) in [4.78, 5) is 29.2. The third-order valence-corrected chi connectivity index (χ3v) is 4.78. The first-order valence-corrected chi connectivity index (χ1v) is 8.11. The van der Waals surface area contributed by atoms with Crippen LogP contribution < -0.4 is 0 Å². The number of carbonyl (C=O) groups is 1. The van der Waals surface area contributed by atoms with Crippen LogP contribution in [-0.4, -0.2) is 37.5 Å². The Kier molecular flexibility index (Phi) is 3.51. The number of aromatic amines is 1. The fraction of sp³-hybridized carbons (Fsp3) is 0.438. The number of aromatic nitrogens is 3. The zero-order chi connectivity index (χ0) is 16.7. The first-order valence-electron chi connectivity index (χ1n) is 8.11. The Hall–Kier alpha value is -2.77. The van der Waals surface area contributed by atoms with E-state index in [1.165, 1.54) is 12.3 Å². The summed E-state index contributed by atoms with van der Waals surface area (Å²) in [7, 11) is 0. The highest BCUT2D eigenvalue weighted by atomic mass is 16.6. The predicted octanol–water partition coefficient (Wildman–Crippen LogP) is 1.79. The van der Waals surface area contributed by atoms with Crippen molar-refractivity contribution in [2.75, 3.05) is 6.54 Å². The molecule has 8 heteroatoms. The van der Waals surface area contributed by atoms with Crippen LogP contribution in [0.15, 0.2) is 12.3 Å². The lowest BCUT2D eigenvalue weighted by atomic mass is 9.95. The maximum absolute atomic E-state index is 12.9. The highest BCUT2D eigenvalue weighted by Crippen LogP contribution is 2.26. The average Bonchev–Trinajstić information content (AvgIpc) is 3.04. The second-order valence-corrected chi connectivity index (χ2v) is 6.27. The quantitative estimate of drug-likeness (QED) is 0.669. The second kappa shape index (κ2) is 5.70. The highest BCUT2D eigenvalue weighted by molar-refractivity contribution is 5.94. The number of aryl methyl sites for hydroxylation is 1. The molecule has 0 saturated carbocycles. The molecule has 0 spiro atoms. The van der Waals surface area contributed by atoms with Gasteiger partial charge in [0.15, 0.2) is 5.69 Å². The standard InChI is InChI=1S/C16H17N5O3/c22-16(15-12-3-1-2-4-14(12)18-19-15)20-6-5-13-10(9-20)7-11(8-17-13)21(23)24/h7-8H,1-6,9H2,(H,18,19). The number of pyridine rings is 1. The van der Waals surface area contributed by atoms with Crippen molar-refractivity contribution < 1.29 is 9.72 Å². The summed E-state index contributed by atoms with van der Waals surface area (Å²) in [6.45, 7) is 0.892. The Balaban J connectivity index is 1.60. The van der Waals surface area contributed by atoms with Crippen LogP contribution in [0.1, 0.15) is 45.8 Å². The van der Waals surface area contributed by atoms with Gasteiger partial charge in [0.2, 0.25) is 0 Å². The van der Waals surface area contributed by atoms with Crippen molar-refractivity contribution in [2.24, 2.45) is 0 Å². The van der Waals surface area contributed by atoms with Crippen molar-refractivity contribution in [1.29, 1.82) is 0 Å². The first-order chi connectivity index (χ1) is 11.6. The van der Waals surface area contributed by atoms with Gasteiger partial charge in [-0.1, -0.05) is 0 Å². The maximum atomic E-state index is 12.9. The van der Waals surface area contributed by atoms with Crippen molar-refractivity contribution in [1.82, 2.24) is 20.1 Å². The third-order valence-electron chi connectivity index (χ3n) is 4.78. The molecule has 124 valence electrons. The number of carbonyl (C=O) groups excluding carboxylic acids is 1. The zero-order valence-corrected chi connectivity index (χ0v) is 13.1. The van der Waals surface area contributed by atoms with E-state index in [1.54, 1.807) is 4.90 Å². The Morgan fingerprint density at radius 1 is 1.29 bits per heavy atom. The molecule has 0 atom stereocenters. The van der Waals surface area contributed by atoms with Crippen LogP contribution in [0, 0.1) is 10.1 Å². The number of nitro groups is 1. The zero-order valence-electron chi connectivity index (χ0n) is 13.1. The van der Waals surface area contributed by atoms with Gasteiger partial charge in [-0.25, -0.2) is 0 Å². The monoisotopic (exact) mass is 327 g/mol. The summed E-state index contributed by atoms with van der Waals surface area (Å²) >= 11 is 0. The lowest BCUT2D eigenvalue weighted by Crippen LogP contribution is -2.37. The van der Waals surface area contributed by atoms with Gasteiger partial charge in [-0.3, -0.25) is 25.0 Å². The van der Waals surface area contributed by atoms with Gasteiger partial charge in [0.1, 0.15) is 6.20 Å². The smallest absolute Gasteiger partial charge is 0.287 e. The molecule has 2 aliphatic rings. The molecule has 2 aromatic rings. The van der Waals surface area contributed by atoms with Crippen LogP contribution in [0.5, 0.6) is 0 Å². The number of H-pyrrole nitrogens is 1. The number of hydrogen-bond acceptors (Lipinski definition) is 5. The molecule has 3 heterocycles. The summed E-state index contributed by atoms with van der Waals surface area (Å²) in [5.41, 5.74) is 4.14. The molecule has 8 nitrogen and oxygen atoms in total. The number of hydrogen-bond donors (Lipinski definition) is 1. The molecule has 4 rings (SSSR count). The Labute approximate surface area is 138 Å². The summed E-state index contributed by atoms with van der Waals surface area (Å²) in [5, 5.41) is 18.1. The molecular weight excluding hydrogens is 310 g/mol. The molecule has 0 fully saturated rings. The minimum absolute atomic E-state index is 0.0415. The van der Waals surface area contributed by atoms with E-state index < -0.39 is 4.92 Å². The molecule has 2 aromatic heterocycles. The summed E-state index contributed by atoms with van der Waals surface area (Å²) in [5.74, 6) is -0.105. The van der Waals surface area contributed by atoms with Gasteiger partial charge in [-0.15, -0.1) is 0 Å². The molecule has 1 aliphatic heterocycles. The van der Waals surface area contributed by atoms with Crippen LogP contribution in [-0.2, 0) is 25.8 Å². The largest absolute Gasteiger partial charge is 0.332 e. The molecule has 1 amide bonds. The van der Waals surface area contributed by atoms with Crippen LogP contribution in [0.3, 0.4) is 0 Å². The molecule has 0 saturated heterocycles. The fourth-order valence-corrected chi connectivity index (χ4v) is 3.49. The van der Waals surface area contributed by atoms with E-state index in [0.29, 0.717) is 25.2 Å². The first kappa shape index (κ1) is 14.8. The average molecular weight is 327 g/mol. The summed E-state index contributed by atoms with van der Waals surface area (Å²) < 4.78 is 0. The number of nitrogens with one attached hydrogen (secondary N) is 1. The lowest BCUT2D eigenvalue weighted by molar-refractivity contribution is -0.385. The van der Waals surface area contributed by atoms with Crippen molar-refractivity contribution >= 4 is 11.6 Å². The van der Waals surface area contributed by atoms with Crippen LogP contribution in [0.4, 0.5) is 5.69 Å². The number of nitrogens with zero attached hydrogens (tertiary/aromatic N) is 4.